The van der Waals surface area contributed by atoms with Gasteiger partial charge in [0, 0.05) is 5.56 Å². The van der Waals surface area contributed by atoms with Gasteiger partial charge in [0.2, 0.25) is 0 Å². The van der Waals surface area contributed by atoms with Gasteiger partial charge in [-0.05, 0) is 42.8 Å². The zero-order valence-electron chi connectivity index (χ0n) is 18.3. The highest BCUT2D eigenvalue weighted by atomic mass is 19.3. The van der Waals surface area contributed by atoms with Crippen LogP contribution in [0.2, 0.25) is 0 Å². The molecule has 0 saturated heterocycles. The van der Waals surface area contributed by atoms with E-state index in [1.807, 2.05) is 54.6 Å². The summed E-state index contributed by atoms with van der Waals surface area (Å²) >= 11 is 0. The predicted molar refractivity (Wildman–Crippen MR) is 122 cm³/mol. The van der Waals surface area contributed by atoms with Crippen LogP contribution in [-0.2, 0) is 0 Å². The molecular weight excluding hydrogens is 442 g/mol. The van der Waals surface area contributed by atoms with Crippen molar-refractivity contribution >= 4 is 5.91 Å². The number of hydrogen-bond donors (Lipinski definition) is 1. The minimum Gasteiger partial charge on any atom is -0.491 e. The Labute approximate surface area is 194 Å². The lowest BCUT2D eigenvalue weighted by atomic mass is 10.1. The van der Waals surface area contributed by atoms with Crippen LogP contribution in [0.3, 0.4) is 0 Å². The lowest BCUT2D eigenvalue weighted by Gasteiger charge is -2.12. The maximum Gasteiger partial charge on any atom is 0.387 e. The number of carbonyl (C=O) groups excluding carboxylic acids is 1. The van der Waals surface area contributed by atoms with E-state index in [-0.39, 0.29) is 30.5 Å². The first-order valence-electron chi connectivity index (χ1n) is 10.6. The molecule has 0 saturated carbocycles. The van der Waals surface area contributed by atoms with Crippen LogP contribution in [0.25, 0.3) is 16.8 Å². The van der Waals surface area contributed by atoms with Gasteiger partial charge in [-0.1, -0.05) is 53.7 Å². The largest absolute Gasteiger partial charge is 0.491 e. The van der Waals surface area contributed by atoms with Gasteiger partial charge in [-0.15, -0.1) is 5.10 Å². The molecule has 0 aliphatic heterocycles. The third-order valence-electron chi connectivity index (χ3n) is 5.03. The van der Waals surface area contributed by atoms with Crippen LogP contribution in [0, 0.1) is 6.92 Å². The summed E-state index contributed by atoms with van der Waals surface area (Å²) in [6.45, 7) is -0.655. The summed E-state index contributed by atoms with van der Waals surface area (Å²) in [7, 11) is 0. The number of carbonyl (C=O) groups is 1. The van der Waals surface area contributed by atoms with E-state index < -0.39 is 6.61 Å². The molecule has 0 aliphatic rings. The molecule has 0 aliphatic carbocycles. The summed E-state index contributed by atoms with van der Waals surface area (Å²) < 4.78 is 36.3. The third-order valence-corrected chi connectivity index (χ3v) is 5.03. The van der Waals surface area contributed by atoms with Crippen molar-refractivity contribution < 1.29 is 23.0 Å². The number of alkyl halides is 2. The van der Waals surface area contributed by atoms with Crippen molar-refractivity contribution in [2.75, 3.05) is 13.2 Å². The van der Waals surface area contributed by atoms with E-state index in [1.165, 1.54) is 16.8 Å². The molecule has 1 aromatic heterocycles. The normalized spacial score (nSPS) is 10.8. The smallest absolute Gasteiger partial charge is 0.387 e. The van der Waals surface area contributed by atoms with Crippen LogP contribution in [0.5, 0.6) is 11.5 Å². The Kier molecular flexibility index (Phi) is 7.12. The van der Waals surface area contributed by atoms with E-state index >= 15 is 0 Å². The van der Waals surface area contributed by atoms with Crippen molar-refractivity contribution in [3.05, 3.63) is 90.3 Å². The van der Waals surface area contributed by atoms with Crippen molar-refractivity contribution in [1.29, 1.82) is 0 Å². The van der Waals surface area contributed by atoms with Gasteiger partial charge in [-0.25, -0.2) is 4.68 Å². The highest BCUT2D eigenvalue weighted by Gasteiger charge is 2.17. The van der Waals surface area contributed by atoms with E-state index in [0.29, 0.717) is 11.4 Å². The molecule has 0 spiro atoms. The molecule has 1 N–H and O–H groups in total. The van der Waals surface area contributed by atoms with Gasteiger partial charge < -0.3 is 14.8 Å². The lowest BCUT2D eigenvalue weighted by Crippen LogP contribution is -2.29. The number of halogens is 2. The van der Waals surface area contributed by atoms with Crippen molar-refractivity contribution in [3.63, 3.8) is 0 Å². The zero-order valence-corrected chi connectivity index (χ0v) is 18.3. The van der Waals surface area contributed by atoms with E-state index in [2.05, 4.69) is 20.4 Å². The summed E-state index contributed by atoms with van der Waals surface area (Å²) in [5.74, 6) is 0.369. The average molecular weight is 464 g/mol. The molecule has 9 heteroatoms. The molecule has 0 atom stereocenters. The second kappa shape index (κ2) is 10.6. The quantitative estimate of drug-likeness (QED) is 0.365. The van der Waals surface area contributed by atoms with Gasteiger partial charge in [0.1, 0.15) is 18.1 Å². The number of rotatable bonds is 9. The fraction of sp³-hybridized carbons (Fsp3) is 0.160. The lowest BCUT2D eigenvalue weighted by molar-refractivity contribution is -0.0498. The first kappa shape index (κ1) is 22.9. The Morgan fingerprint density at radius 1 is 1.00 bits per heavy atom. The number of para-hydroxylation sites is 1. The topological polar surface area (TPSA) is 78.3 Å². The van der Waals surface area contributed by atoms with Crippen LogP contribution >= 0.6 is 0 Å². The Bertz CT molecular complexity index is 1240. The molecular formula is C25H22F2N4O3. The summed E-state index contributed by atoms with van der Waals surface area (Å²) in [5.41, 5.74) is 3.25. The van der Waals surface area contributed by atoms with Gasteiger partial charge in [0.25, 0.3) is 5.91 Å². The minimum atomic E-state index is -2.90. The Morgan fingerprint density at radius 3 is 2.44 bits per heavy atom. The molecule has 0 unspecified atom stereocenters. The Balaban J connectivity index is 1.35. The number of ether oxygens (including phenoxy) is 2. The molecule has 0 radical (unpaired) electrons. The van der Waals surface area contributed by atoms with Gasteiger partial charge in [-0.2, -0.15) is 8.78 Å². The molecule has 1 heterocycles. The number of benzene rings is 3. The van der Waals surface area contributed by atoms with Crippen LogP contribution < -0.4 is 14.8 Å². The van der Waals surface area contributed by atoms with Crippen LogP contribution in [-0.4, -0.2) is 40.7 Å². The first-order chi connectivity index (χ1) is 16.5. The van der Waals surface area contributed by atoms with E-state index in [4.69, 9.17) is 4.74 Å². The molecule has 0 fully saturated rings. The summed E-state index contributed by atoms with van der Waals surface area (Å²) in [4.78, 5) is 12.6. The maximum atomic E-state index is 12.6. The second-order valence-electron chi connectivity index (χ2n) is 7.27. The molecule has 1 amide bonds. The highest BCUT2D eigenvalue weighted by Crippen LogP contribution is 2.29. The highest BCUT2D eigenvalue weighted by molar-refractivity contribution is 5.93. The van der Waals surface area contributed by atoms with Gasteiger partial charge in [0.15, 0.2) is 5.69 Å². The van der Waals surface area contributed by atoms with E-state index in [1.54, 1.807) is 19.1 Å². The third kappa shape index (κ3) is 5.37. The van der Waals surface area contributed by atoms with E-state index in [0.717, 1.165) is 16.9 Å². The second-order valence-corrected chi connectivity index (χ2v) is 7.27. The standard InChI is InChI=1S/C25H22F2N4O3/c1-17-23(29-30-31(17)19-11-13-20(14-12-19)34-25(26)27)24(32)28-15-16-33-22-10-6-5-9-21(22)18-7-3-2-4-8-18/h2-14,25H,15-16H2,1H3,(H,28,32). The Morgan fingerprint density at radius 2 is 1.71 bits per heavy atom. The predicted octanol–water partition coefficient (Wildman–Crippen LogP) is 4.65. The van der Waals surface area contributed by atoms with Crippen LogP contribution in [0.4, 0.5) is 8.78 Å². The average Bonchev–Trinajstić information content (AvgIpc) is 3.24. The maximum absolute atomic E-state index is 12.6. The number of nitrogens with zero attached hydrogens (tertiary/aromatic N) is 3. The molecule has 4 aromatic rings. The first-order valence-corrected chi connectivity index (χ1v) is 10.6. The van der Waals surface area contributed by atoms with Crippen LogP contribution in [0.15, 0.2) is 78.9 Å². The van der Waals surface area contributed by atoms with Gasteiger partial charge in [0.05, 0.1) is 17.9 Å². The van der Waals surface area contributed by atoms with E-state index in [9.17, 15) is 13.6 Å². The molecule has 3 aromatic carbocycles. The molecule has 4 rings (SSSR count). The molecule has 0 bridgehead atoms. The number of hydrogen-bond acceptors (Lipinski definition) is 5. The fourth-order valence-electron chi connectivity index (χ4n) is 3.41. The summed E-state index contributed by atoms with van der Waals surface area (Å²) in [5, 5.41) is 10.7. The SMILES string of the molecule is Cc1c(C(=O)NCCOc2ccccc2-c2ccccc2)nnn1-c1ccc(OC(F)F)cc1. The summed E-state index contributed by atoms with van der Waals surface area (Å²) in [6.07, 6.45) is 0. The molecule has 174 valence electrons. The number of nitrogens with one attached hydrogen (secondary N) is 1. The zero-order chi connectivity index (χ0) is 23.9. The monoisotopic (exact) mass is 464 g/mol. The van der Waals surface area contributed by atoms with Crippen molar-refractivity contribution in [2.24, 2.45) is 0 Å². The Hall–Kier alpha value is -4.27. The van der Waals surface area contributed by atoms with Crippen molar-refractivity contribution in [1.82, 2.24) is 20.3 Å². The fourth-order valence-corrected chi connectivity index (χ4v) is 3.41. The number of amides is 1. The van der Waals surface area contributed by atoms with Gasteiger partial charge >= 0.3 is 6.61 Å². The summed E-state index contributed by atoms with van der Waals surface area (Å²) in [6, 6.07) is 23.5. The number of aromatic nitrogens is 3. The molecule has 34 heavy (non-hydrogen) atoms. The minimum absolute atomic E-state index is 0.0309. The van der Waals surface area contributed by atoms with Crippen molar-refractivity contribution in [2.45, 2.75) is 13.5 Å². The van der Waals surface area contributed by atoms with Gasteiger partial charge in [-0.3, -0.25) is 4.79 Å². The van der Waals surface area contributed by atoms with Crippen LogP contribution in [0.1, 0.15) is 16.2 Å². The molecule has 7 nitrogen and oxygen atoms in total. The van der Waals surface area contributed by atoms with Crippen molar-refractivity contribution in [3.8, 4) is 28.3 Å².